The van der Waals surface area contributed by atoms with Crippen molar-refractivity contribution in [3.63, 3.8) is 0 Å². The molecule has 2 aromatic carbocycles. The number of benzene rings is 2. The lowest BCUT2D eigenvalue weighted by Crippen LogP contribution is -2.27. The second-order valence-corrected chi connectivity index (χ2v) is 8.34. The van der Waals surface area contributed by atoms with Gasteiger partial charge in [0.05, 0.1) is 26.4 Å². The number of anilines is 3. The molecule has 10 nitrogen and oxygen atoms in total. The molecule has 0 saturated carbocycles. The summed E-state index contributed by atoms with van der Waals surface area (Å²) in [7, 11) is 0. The molecule has 0 radical (unpaired) electrons. The quantitative estimate of drug-likeness (QED) is 0.184. The molecule has 1 aromatic heterocycles. The van der Waals surface area contributed by atoms with E-state index in [9.17, 15) is 9.18 Å². The predicted molar refractivity (Wildman–Crippen MR) is 146 cm³/mol. The van der Waals surface area contributed by atoms with Crippen LogP contribution in [0.25, 0.3) is 0 Å². The van der Waals surface area contributed by atoms with Crippen LogP contribution < -0.4 is 21.3 Å². The third-order valence-electron chi connectivity index (χ3n) is 5.26. The van der Waals surface area contributed by atoms with Gasteiger partial charge in [0, 0.05) is 31.7 Å². The van der Waals surface area contributed by atoms with Crippen molar-refractivity contribution >= 4 is 23.8 Å². The Hall–Kier alpha value is -3.83. The maximum atomic E-state index is 13.5. The highest BCUT2D eigenvalue weighted by Gasteiger charge is 2.07. The van der Waals surface area contributed by atoms with E-state index in [2.05, 4.69) is 43.1 Å². The van der Waals surface area contributed by atoms with E-state index in [0.29, 0.717) is 69.5 Å². The molecule has 0 fully saturated rings. The van der Waals surface area contributed by atoms with Crippen LogP contribution in [0.15, 0.2) is 54.6 Å². The summed E-state index contributed by atoms with van der Waals surface area (Å²) >= 11 is 0. The van der Waals surface area contributed by atoms with E-state index in [-0.39, 0.29) is 11.7 Å². The summed E-state index contributed by atoms with van der Waals surface area (Å²) in [6.07, 6.45) is 2.05. The van der Waals surface area contributed by atoms with Crippen molar-refractivity contribution in [1.29, 1.82) is 0 Å². The van der Waals surface area contributed by atoms with Crippen LogP contribution in [0.4, 0.5) is 22.2 Å². The lowest BCUT2D eigenvalue weighted by Gasteiger charge is -2.12. The van der Waals surface area contributed by atoms with Gasteiger partial charge in [0.2, 0.25) is 17.8 Å². The number of aromatic nitrogens is 3. The average molecular weight is 526 g/mol. The number of ether oxygens (including phenoxy) is 2. The second kappa shape index (κ2) is 16.8. The highest BCUT2D eigenvalue weighted by molar-refractivity contribution is 5.94. The van der Waals surface area contributed by atoms with Crippen LogP contribution in [-0.2, 0) is 16.0 Å². The van der Waals surface area contributed by atoms with Crippen LogP contribution in [0, 0.1) is 5.82 Å². The normalized spacial score (nSPS) is 10.7. The Labute approximate surface area is 222 Å². The number of carbonyl (C=O) groups excluding carboxylic acids is 1. The molecule has 0 atom stereocenters. The minimum absolute atomic E-state index is 0.120. The Bertz CT molecular complexity index is 1110. The summed E-state index contributed by atoms with van der Waals surface area (Å²) in [5.41, 5.74) is 1.41. The van der Waals surface area contributed by atoms with Crippen molar-refractivity contribution in [2.24, 2.45) is 0 Å². The van der Waals surface area contributed by atoms with Gasteiger partial charge in [-0.15, -0.1) is 0 Å². The first kappa shape index (κ1) is 28.7. The molecular weight excluding hydrogens is 489 g/mol. The van der Waals surface area contributed by atoms with E-state index in [1.807, 2.05) is 24.3 Å². The van der Waals surface area contributed by atoms with Crippen LogP contribution >= 0.6 is 0 Å². The van der Waals surface area contributed by atoms with E-state index >= 15 is 0 Å². The third kappa shape index (κ3) is 11.1. The van der Waals surface area contributed by atoms with E-state index in [1.165, 1.54) is 12.1 Å². The second-order valence-electron chi connectivity index (χ2n) is 8.34. The first-order valence-electron chi connectivity index (χ1n) is 12.8. The summed E-state index contributed by atoms with van der Waals surface area (Å²) < 4.78 is 24.6. The first-order chi connectivity index (χ1) is 18.6. The minimum atomic E-state index is -0.288. The van der Waals surface area contributed by atoms with E-state index in [0.717, 1.165) is 24.9 Å². The van der Waals surface area contributed by atoms with Gasteiger partial charge in [-0.25, -0.2) is 4.39 Å². The zero-order valence-electron chi connectivity index (χ0n) is 21.7. The maximum Gasteiger partial charge on any atom is 0.251 e. The number of unbranched alkanes of at least 4 members (excludes halogenated alkanes) is 1. The van der Waals surface area contributed by atoms with Crippen LogP contribution in [0.2, 0.25) is 0 Å². The first-order valence-corrected chi connectivity index (χ1v) is 12.8. The summed E-state index contributed by atoms with van der Waals surface area (Å²) in [4.78, 5) is 25.2. The van der Waals surface area contributed by atoms with Gasteiger partial charge in [-0.2, -0.15) is 15.0 Å². The molecule has 0 spiro atoms. The molecule has 11 heteroatoms. The molecule has 3 rings (SSSR count). The minimum Gasteiger partial charge on any atom is -0.377 e. The van der Waals surface area contributed by atoms with Crippen molar-refractivity contribution in [1.82, 2.24) is 20.3 Å². The number of nitrogens with zero attached hydrogens (tertiary/aromatic N) is 3. The standard InChI is InChI=1S/C27H36FN7O3/c1-2-3-12-30-25-33-26(35-27(34-25)32-20-21-8-7-11-23(28)19-21)31-14-16-38-18-17-37-15-13-29-24(36)22-9-5-4-6-10-22/h4-11,19H,2-3,12-18,20H2,1H3,(H,29,36)(H3,30,31,32,33,34,35). The number of hydrogen-bond donors (Lipinski definition) is 4. The molecule has 4 N–H and O–H groups in total. The molecule has 0 aliphatic rings. The highest BCUT2D eigenvalue weighted by Crippen LogP contribution is 2.12. The van der Waals surface area contributed by atoms with Gasteiger partial charge < -0.3 is 30.7 Å². The number of halogens is 1. The Morgan fingerprint density at radius 1 is 0.789 bits per heavy atom. The van der Waals surface area contributed by atoms with Crippen molar-refractivity contribution in [2.75, 3.05) is 62.0 Å². The van der Waals surface area contributed by atoms with Gasteiger partial charge in [-0.1, -0.05) is 43.7 Å². The SMILES string of the molecule is CCCCNc1nc(NCCOCCOCCNC(=O)c2ccccc2)nc(NCc2cccc(F)c2)n1. The molecule has 1 amide bonds. The number of hydrogen-bond acceptors (Lipinski definition) is 9. The van der Waals surface area contributed by atoms with Crippen molar-refractivity contribution in [3.8, 4) is 0 Å². The lowest BCUT2D eigenvalue weighted by molar-refractivity contribution is 0.0519. The summed E-state index contributed by atoms with van der Waals surface area (Å²) in [5.74, 6) is 0.857. The Balaban J connectivity index is 1.33. The molecule has 0 aliphatic heterocycles. The van der Waals surface area contributed by atoms with E-state index in [4.69, 9.17) is 9.47 Å². The lowest BCUT2D eigenvalue weighted by atomic mass is 10.2. The van der Waals surface area contributed by atoms with Crippen LogP contribution in [-0.4, -0.2) is 66.9 Å². The molecular formula is C27H36FN7O3. The zero-order chi connectivity index (χ0) is 26.8. The molecule has 0 aliphatic carbocycles. The van der Waals surface area contributed by atoms with E-state index in [1.54, 1.807) is 18.2 Å². The van der Waals surface area contributed by atoms with Crippen molar-refractivity contribution < 1.29 is 18.7 Å². The van der Waals surface area contributed by atoms with Crippen LogP contribution in [0.3, 0.4) is 0 Å². The Kier molecular flexibility index (Phi) is 12.7. The highest BCUT2D eigenvalue weighted by atomic mass is 19.1. The smallest absolute Gasteiger partial charge is 0.251 e. The monoisotopic (exact) mass is 525 g/mol. The topological polar surface area (TPSA) is 122 Å². The maximum absolute atomic E-state index is 13.5. The molecule has 0 unspecified atom stereocenters. The summed E-state index contributed by atoms with van der Waals surface area (Å²) in [5, 5.41) is 12.3. The largest absolute Gasteiger partial charge is 0.377 e. The Morgan fingerprint density at radius 2 is 1.45 bits per heavy atom. The van der Waals surface area contributed by atoms with Crippen LogP contribution in [0.1, 0.15) is 35.7 Å². The van der Waals surface area contributed by atoms with Gasteiger partial charge in [-0.3, -0.25) is 4.79 Å². The van der Waals surface area contributed by atoms with Gasteiger partial charge >= 0.3 is 0 Å². The van der Waals surface area contributed by atoms with Crippen LogP contribution in [0.5, 0.6) is 0 Å². The number of nitrogens with one attached hydrogen (secondary N) is 4. The number of carbonyl (C=O) groups is 1. The fourth-order valence-electron chi connectivity index (χ4n) is 3.30. The van der Waals surface area contributed by atoms with E-state index < -0.39 is 0 Å². The molecule has 3 aromatic rings. The molecule has 1 heterocycles. The number of rotatable bonds is 18. The molecule has 204 valence electrons. The summed E-state index contributed by atoms with van der Waals surface area (Å²) in [6.45, 7) is 5.87. The van der Waals surface area contributed by atoms with Gasteiger partial charge in [-0.05, 0) is 36.2 Å². The third-order valence-corrected chi connectivity index (χ3v) is 5.26. The van der Waals surface area contributed by atoms with Gasteiger partial charge in [0.25, 0.3) is 5.91 Å². The average Bonchev–Trinajstić information content (AvgIpc) is 2.93. The van der Waals surface area contributed by atoms with Crippen molar-refractivity contribution in [2.45, 2.75) is 26.3 Å². The van der Waals surface area contributed by atoms with Crippen molar-refractivity contribution in [3.05, 3.63) is 71.5 Å². The fourth-order valence-corrected chi connectivity index (χ4v) is 3.30. The fraction of sp³-hybridized carbons (Fsp3) is 0.407. The van der Waals surface area contributed by atoms with Gasteiger partial charge in [0.1, 0.15) is 5.82 Å². The predicted octanol–water partition coefficient (Wildman–Crippen LogP) is 3.71. The number of amides is 1. The van der Waals surface area contributed by atoms with Gasteiger partial charge in [0.15, 0.2) is 0 Å². The molecule has 38 heavy (non-hydrogen) atoms. The molecule has 0 saturated heterocycles. The Morgan fingerprint density at radius 3 is 2.13 bits per heavy atom. The summed E-state index contributed by atoms with van der Waals surface area (Å²) in [6, 6.07) is 15.4. The zero-order valence-corrected chi connectivity index (χ0v) is 21.7. The molecule has 0 bridgehead atoms.